The number of piperidine rings is 1. The number of nitrogens with one attached hydrogen (secondary N) is 1. The maximum atomic E-state index is 11.9. The van der Waals surface area contributed by atoms with E-state index in [0.29, 0.717) is 6.54 Å². The summed E-state index contributed by atoms with van der Waals surface area (Å²) in [6.07, 6.45) is 2.53. The monoisotopic (exact) mass is 281 g/mol. The van der Waals surface area contributed by atoms with Crippen LogP contribution in [0, 0.1) is 5.92 Å². The lowest BCUT2D eigenvalue weighted by Gasteiger charge is -2.30. The number of amides is 1. The van der Waals surface area contributed by atoms with E-state index in [0.717, 1.165) is 30.4 Å². The third-order valence-corrected chi connectivity index (χ3v) is 4.69. The summed E-state index contributed by atoms with van der Waals surface area (Å²) in [5.74, 6) is 0.769. The van der Waals surface area contributed by atoms with Crippen LogP contribution in [0.1, 0.15) is 30.7 Å². The average Bonchev–Trinajstić information content (AvgIpc) is 2.94. The molecule has 0 radical (unpaired) electrons. The Hall–Kier alpha value is -0.910. The van der Waals surface area contributed by atoms with E-state index < -0.39 is 6.04 Å². The zero-order valence-corrected chi connectivity index (χ0v) is 12.3. The molecule has 1 unspecified atom stereocenters. The molecule has 3 N–H and O–H groups in total. The SMILES string of the molecule is CC1CCN(CCNC(=O)C(N)c2cccs2)CC1. The maximum absolute atomic E-state index is 11.9. The highest BCUT2D eigenvalue weighted by atomic mass is 32.1. The van der Waals surface area contributed by atoms with E-state index in [4.69, 9.17) is 5.73 Å². The third-order valence-electron chi connectivity index (χ3n) is 3.74. The largest absolute Gasteiger partial charge is 0.353 e. The molecule has 1 amide bonds. The van der Waals surface area contributed by atoms with Crippen molar-refractivity contribution in [2.75, 3.05) is 26.2 Å². The first-order chi connectivity index (χ1) is 9.16. The summed E-state index contributed by atoms with van der Waals surface area (Å²) in [4.78, 5) is 15.2. The van der Waals surface area contributed by atoms with Gasteiger partial charge in [0.05, 0.1) is 0 Å². The van der Waals surface area contributed by atoms with Crippen molar-refractivity contribution in [1.29, 1.82) is 0 Å². The Morgan fingerprint density at radius 2 is 2.32 bits per heavy atom. The number of hydrogen-bond donors (Lipinski definition) is 2. The normalized spacial score (nSPS) is 19.3. The number of rotatable bonds is 5. The Labute approximate surface area is 119 Å². The number of likely N-dealkylation sites (tertiary alicyclic amines) is 1. The lowest BCUT2D eigenvalue weighted by molar-refractivity contribution is -0.122. The summed E-state index contributed by atoms with van der Waals surface area (Å²) >= 11 is 1.52. The van der Waals surface area contributed by atoms with Crippen LogP contribution in [-0.2, 0) is 4.79 Å². The van der Waals surface area contributed by atoms with Gasteiger partial charge in [0.2, 0.25) is 5.91 Å². The summed E-state index contributed by atoms with van der Waals surface area (Å²) in [5.41, 5.74) is 5.91. The molecule has 1 aliphatic heterocycles. The van der Waals surface area contributed by atoms with Crippen molar-refractivity contribution in [3.63, 3.8) is 0 Å². The number of hydrogen-bond acceptors (Lipinski definition) is 4. The van der Waals surface area contributed by atoms with Crippen LogP contribution < -0.4 is 11.1 Å². The first-order valence-corrected chi connectivity index (χ1v) is 7.84. The highest BCUT2D eigenvalue weighted by Crippen LogP contribution is 2.17. The molecule has 0 bridgehead atoms. The Bertz CT molecular complexity index is 385. The topological polar surface area (TPSA) is 58.4 Å². The van der Waals surface area contributed by atoms with Crippen LogP contribution in [0.5, 0.6) is 0 Å². The highest BCUT2D eigenvalue weighted by Gasteiger charge is 2.18. The summed E-state index contributed by atoms with van der Waals surface area (Å²) in [5, 5.41) is 4.87. The van der Waals surface area contributed by atoms with Crippen LogP contribution in [0.3, 0.4) is 0 Å². The van der Waals surface area contributed by atoms with E-state index in [9.17, 15) is 4.79 Å². The zero-order valence-electron chi connectivity index (χ0n) is 11.5. The summed E-state index contributed by atoms with van der Waals surface area (Å²) < 4.78 is 0. The van der Waals surface area contributed by atoms with E-state index >= 15 is 0 Å². The fourth-order valence-corrected chi connectivity index (χ4v) is 3.06. The van der Waals surface area contributed by atoms with Crippen molar-refractivity contribution in [3.8, 4) is 0 Å². The maximum Gasteiger partial charge on any atom is 0.242 e. The molecule has 5 heteroatoms. The van der Waals surface area contributed by atoms with Crippen LogP contribution in [0.2, 0.25) is 0 Å². The van der Waals surface area contributed by atoms with E-state index in [1.54, 1.807) is 0 Å². The van der Waals surface area contributed by atoms with Gasteiger partial charge in [0.25, 0.3) is 0 Å². The standard InChI is InChI=1S/C14H23N3OS/c1-11-4-7-17(8-5-11)9-6-16-14(18)13(15)12-3-2-10-19-12/h2-3,10-11,13H,4-9,15H2,1H3,(H,16,18). The van der Waals surface area contributed by atoms with Crippen molar-refractivity contribution in [3.05, 3.63) is 22.4 Å². The van der Waals surface area contributed by atoms with Gasteiger partial charge in [-0.05, 0) is 43.3 Å². The van der Waals surface area contributed by atoms with Gasteiger partial charge >= 0.3 is 0 Å². The predicted molar refractivity (Wildman–Crippen MR) is 79.1 cm³/mol. The van der Waals surface area contributed by atoms with Crippen molar-refractivity contribution in [2.24, 2.45) is 11.7 Å². The number of carbonyl (C=O) groups excluding carboxylic acids is 1. The molecule has 0 aliphatic carbocycles. The lowest BCUT2D eigenvalue weighted by Crippen LogP contribution is -2.41. The molecule has 2 heterocycles. The second-order valence-electron chi connectivity index (χ2n) is 5.31. The van der Waals surface area contributed by atoms with Gasteiger partial charge in [0.15, 0.2) is 0 Å². The van der Waals surface area contributed by atoms with Gasteiger partial charge in [-0.25, -0.2) is 0 Å². The molecule has 1 aromatic rings. The molecule has 106 valence electrons. The van der Waals surface area contributed by atoms with E-state index in [1.165, 1.54) is 24.2 Å². The lowest BCUT2D eigenvalue weighted by atomic mass is 9.99. The molecule has 1 atom stereocenters. The number of carbonyl (C=O) groups is 1. The smallest absolute Gasteiger partial charge is 0.242 e. The number of thiophene rings is 1. The van der Waals surface area contributed by atoms with E-state index in [-0.39, 0.29) is 5.91 Å². The molecule has 2 rings (SSSR count). The fraction of sp³-hybridized carbons (Fsp3) is 0.643. The Morgan fingerprint density at radius 3 is 2.95 bits per heavy atom. The minimum absolute atomic E-state index is 0.0761. The zero-order chi connectivity index (χ0) is 13.7. The van der Waals surface area contributed by atoms with E-state index in [2.05, 4.69) is 17.1 Å². The molecule has 1 aromatic heterocycles. The molecule has 1 saturated heterocycles. The van der Waals surface area contributed by atoms with Gasteiger partial charge in [-0.2, -0.15) is 0 Å². The van der Waals surface area contributed by atoms with Crippen LogP contribution in [0.4, 0.5) is 0 Å². The van der Waals surface area contributed by atoms with Crippen LogP contribution in [-0.4, -0.2) is 37.0 Å². The number of nitrogens with zero attached hydrogens (tertiary/aromatic N) is 1. The minimum Gasteiger partial charge on any atom is -0.353 e. The Morgan fingerprint density at radius 1 is 1.58 bits per heavy atom. The second-order valence-corrected chi connectivity index (χ2v) is 6.29. The molecule has 1 fully saturated rings. The fourth-order valence-electron chi connectivity index (χ4n) is 2.33. The summed E-state index contributed by atoms with van der Waals surface area (Å²) in [7, 11) is 0. The molecule has 19 heavy (non-hydrogen) atoms. The van der Waals surface area contributed by atoms with Gasteiger partial charge in [-0.15, -0.1) is 11.3 Å². The van der Waals surface area contributed by atoms with Gasteiger partial charge in [0, 0.05) is 18.0 Å². The van der Waals surface area contributed by atoms with Gasteiger partial charge in [-0.3, -0.25) is 4.79 Å². The van der Waals surface area contributed by atoms with Crippen molar-refractivity contribution in [1.82, 2.24) is 10.2 Å². The summed E-state index contributed by atoms with van der Waals surface area (Å²) in [6, 6.07) is 3.30. The van der Waals surface area contributed by atoms with Gasteiger partial charge < -0.3 is 16.0 Å². The molecule has 1 aliphatic rings. The summed E-state index contributed by atoms with van der Waals surface area (Å²) in [6.45, 7) is 6.21. The van der Waals surface area contributed by atoms with Crippen molar-refractivity contribution in [2.45, 2.75) is 25.8 Å². The molecular formula is C14H23N3OS. The molecule has 0 saturated carbocycles. The van der Waals surface area contributed by atoms with Crippen LogP contribution in [0.15, 0.2) is 17.5 Å². The Balaban J connectivity index is 1.66. The predicted octanol–water partition coefficient (Wildman–Crippen LogP) is 1.60. The van der Waals surface area contributed by atoms with Crippen molar-refractivity contribution >= 4 is 17.2 Å². The third kappa shape index (κ3) is 4.30. The Kier molecular flexibility index (Phi) is 5.36. The van der Waals surface area contributed by atoms with Crippen LogP contribution in [0.25, 0.3) is 0 Å². The van der Waals surface area contributed by atoms with Crippen LogP contribution >= 0.6 is 11.3 Å². The first kappa shape index (κ1) is 14.5. The number of nitrogens with two attached hydrogens (primary N) is 1. The molecule has 0 spiro atoms. The molecule has 0 aromatic carbocycles. The van der Waals surface area contributed by atoms with Crippen molar-refractivity contribution < 1.29 is 4.79 Å². The second kappa shape index (κ2) is 7.03. The van der Waals surface area contributed by atoms with Gasteiger partial charge in [0.1, 0.15) is 6.04 Å². The highest BCUT2D eigenvalue weighted by molar-refractivity contribution is 7.10. The van der Waals surface area contributed by atoms with E-state index in [1.807, 2.05) is 17.5 Å². The molecule has 4 nitrogen and oxygen atoms in total. The molecular weight excluding hydrogens is 258 g/mol. The minimum atomic E-state index is -0.527. The van der Waals surface area contributed by atoms with Gasteiger partial charge in [-0.1, -0.05) is 13.0 Å². The first-order valence-electron chi connectivity index (χ1n) is 6.96. The average molecular weight is 281 g/mol. The quantitative estimate of drug-likeness (QED) is 0.862.